The molecule has 0 unspecified atom stereocenters. The third kappa shape index (κ3) is 5.32. The van der Waals surface area contributed by atoms with Gasteiger partial charge in [-0.05, 0) is 88.0 Å². The molecule has 126 valence electrons. The number of rotatable bonds is 5. The van der Waals surface area contributed by atoms with E-state index >= 15 is 0 Å². The van der Waals surface area contributed by atoms with Crippen molar-refractivity contribution in [3.63, 3.8) is 0 Å². The molecule has 0 aliphatic heterocycles. The molecule has 2 aromatic rings. The first-order valence-corrected chi connectivity index (χ1v) is 9.80. The summed E-state index contributed by atoms with van der Waals surface area (Å²) in [4.78, 5) is 24.2. The minimum atomic E-state index is -0.239. The fourth-order valence-electron chi connectivity index (χ4n) is 2.01. The van der Waals surface area contributed by atoms with Gasteiger partial charge in [0.15, 0.2) is 0 Å². The summed E-state index contributed by atoms with van der Waals surface area (Å²) < 4.78 is 1.83. The first-order valence-electron chi connectivity index (χ1n) is 7.26. The van der Waals surface area contributed by atoms with Crippen molar-refractivity contribution < 1.29 is 9.59 Å². The SMILES string of the molecule is CCCC(=O)Nc1ccc(Cl)c(NC(=O)c2cc(I)ccc2I)c1. The van der Waals surface area contributed by atoms with E-state index < -0.39 is 0 Å². The Morgan fingerprint density at radius 2 is 1.83 bits per heavy atom. The van der Waals surface area contributed by atoms with Crippen LogP contribution in [0.5, 0.6) is 0 Å². The molecule has 0 atom stereocenters. The number of halogens is 3. The zero-order valence-electron chi connectivity index (χ0n) is 12.8. The molecule has 0 saturated heterocycles. The maximum atomic E-state index is 12.5. The van der Waals surface area contributed by atoms with Gasteiger partial charge in [0.1, 0.15) is 0 Å². The molecular weight excluding hydrogens is 553 g/mol. The number of amides is 2. The van der Waals surface area contributed by atoms with E-state index in [2.05, 4.69) is 55.8 Å². The van der Waals surface area contributed by atoms with E-state index in [9.17, 15) is 9.59 Å². The van der Waals surface area contributed by atoms with Gasteiger partial charge >= 0.3 is 0 Å². The Labute approximate surface area is 173 Å². The lowest BCUT2D eigenvalue weighted by Crippen LogP contribution is -2.15. The van der Waals surface area contributed by atoms with E-state index in [0.29, 0.717) is 28.4 Å². The average Bonchev–Trinajstić information content (AvgIpc) is 2.53. The molecule has 0 heterocycles. The smallest absolute Gasteiger partial charge is 0.256 e. The number of benzene rings is 2. The standard InChI is InChI=1S/C17H15ClI2N2O2/c1-2-3-16(23)21-11-5-6-13(18)15(9-11)22-17(24)12-8-10(19)4-7-14(12)20/h4-9H,2-3H2,1H3,(H,21,23)(H,22,24). The van der Waals surface area contributed by atoms with Crippen LogP contribution in [0, 0.1) is 7.14 Å². The Morgan fingerprint density at radius 3 is 2.54 bits per heavy atom. The van der Waals surface area contributed by atoms with E-state index in [0.717, 1.165) is 13.6 Å². The van der Waals surface area contributed by atoms with Crippen LogP contribution in [-0.4, -0.2) is 11.8 Å². The van der Waals surface area contributed by atoms with E-state index in [-0.39, 0.29) is 11.8 Å². The number of hydrogen-bond acceptors (Lipinski definition) is 2. The second-order valence-electron chi connectivity index (χ2n) is 5.07. The molecule has 0 radical (unpaired) electrons. The predicted octanol–water partition coefficient (Wildman–Crippen LogP) is 5.54. The summed E-state index contributed by atoms with van der Waals surface area (Å²) in [5, 5.41) is 6.02. The van der Waals surface area contributed by atoms with Gasteiger partial charge in [0, 0.05) is 19.2 Å². The normalized spacial score (nSPS) is 10.3. The summed E-state index contributed by atoms with van der Waals surface area (Å²) in [5.74, 6) is -0.305. The highest BCUT2D eigenvalue weighted by Gasteiger charge is 2.13. The van der Waals surface area contributed by atoms with Gasteiger partial charge in [-0.3, -0.25) is 9.59 Å². The maximum Gasteiger partial charge on any atom is 0.256 e. The minimum absolute atomic E-state index is 0.0655. The van der Waals surface area contributed by atoms with Gasteiger partial charge in [-0.15, -0.1) is 0 Å². The van der Waals surface area contributed by atoms with Gasteiger partial charge in [0.05, 0.1) is 16.3 Å². The quantitative estimate of drug-likeness (QED) is 0.466. The third-order valence-electron chi connectivity index (χ3n) is 3.15. The van der Waals surface area contributed by atoms with Crippen LogP contribution in [0.1, 0.15) is 30.1 Å². The Bertz CT molecular complexity index is 781. The molecule has 0 bridgehead atoms. The molecule has 0 aliphatic rings. The first-order chi connectivity index (χ1) is 11.4. The third-order valence-corrected chi connectivity index (χ3v) is 5.09. The minimum Gasteiger partial charge on any atom is -0.326 e. The highest BCUT2D eigenvalue weighted by Crippen LogP contribution is 2.27. The lowest BCUT2D eigenvalue weighted by atomic mass is 10.2. The summed E-state index contributed by atoms with van der Waals surface area (Å²) in [5.41, 5.74) is 1.65. The van der Waals surface area contributed by atoms with Crippen LogP contribution in [0.15, 0.2) is 36.4 Å². The van der Waals surface area contributed by atoms with Gasteiger partial charge < -0.3 is 10.6 Å². The second kappa shape index (κ2) is 9.00. The van der Waals surface area contributed by atoms with Crippen LogP contribution in [0.3, 0.4) is 0 Å². The van der Waals surface area contributed by atoms with Crippen molar-refractivity contribution >= 4 is 80.0 Å². The summed E-state index contributed by atoms with van der Waals surface area (Å²) >= 11 is 10.4. The van der Waals surface area contributed by atoms with Crippen molar-refractivity contribution in [1.29, 1.82) is 0 Å². The summed E-state index contributed by atoms with van der Waals surface area (Å²) in [6.45, 7) is 1.94. The second-order valence-corrected chi connectivity index (χ2v) is 7.89. The van der Waals surface area contributed by atoms with Crippen molar-refractivity contribution in [2.45, 2.75) is 19.8 Å². The Hall–Kier alpha value is -0.870. The zero-order chi connectivity index (χ0) is 17.7. The van der Waals surface area contributed by atoms with Crippen molar-refractivity contribution in [1.82, 2.24) is 0 Å². The summed E-state index contributed by atoms with van der Waals surface area (Å²) in [7, 11) is 0. The molecule has 0 aliphatic carbocycles. The number of hydrogen-bond donors (Lipinski definition) is 2. The fourth-order valence-corrected chi connectivity index (χ4v) is 3.25. The molecule has 2 N–H and O–H groups in total. The summed E-state index contributed by atoms with van der Waals surface area (Å²) in [6.07, 6.45) is 1.22. The molecular formula is C17H15ClI2N2O2. The van der Waals surface area contributed by atoms with Crippen LogP contribution in [0.4, 0.5) is 11.4 Å². The molecule has 24 heavy (non-hydrogen) atoms. The lowest BCUT2D eigenvalue weighted by Gasteiger charge is -2.11. The number of carbonyl (C=O) groups excluding carboxylic acids is 2. The van der Waals surface area contributed by atoms with Crippen LogP contribution in [0.2, 0.25) is 5.02 Å². The molecule has 2 amide bonds. The summed E-state index contributed by atoms with van der Waals surface area (Å²) in [6, 6.07) is 10.7. The highest BCUT2D eigenvalue weighted by atomic mass is 127. The van der Waals surface area contributed by atoms with Gasteiger partial charge in [0.2, 0.25) is 5.91 Å². The van der Waals surface area contributed by atoms with Gasteiger partial charge in [0.25, 0.3) is 5.91 Å². The van der Waals surface area contributed by atoms with Gasteiger partial charge in [-0.25, -0.2) is 0 Å². The van der Waals surface area contributed by atoms with Crippen molar-refractivity contribution in [3.05, 3.63) is 54.1 Å². The largest absolute Gasteiger partial charge is 0.326 e. The van der Waals surface area contributed by atoms with Gasteiger partial charge in [-0.2, -0.15) is 0 Å². The van der Waals surface area contributed by atoms with Crippen molar-refractivity contribution in [2.24, 2.45) is 0 Å². The van der Waals surface area contributed by atoms with E-state index in [1.807, 2.05) is 25.1 Å². The van der Waals surface area contributed by atoms with Crippen molar-refractivity contribution in [2.75, 3.05) is 10.6 Å². The van der Waals surface area contributed by atoms with Gasteiger partial charge in [-0.1, -0.05) is 18.5 Å². The van der Waals surface area contributed by atoms with E-state index in [1.54, 1.807) is 18.2 Å². The molecule has 2 rings (SSSR count). The maximum absolute atomic E-state index is 12.5. The van der Waals surface area contributed by atoms with Crippen LogP contribution in [-0.2, 0) is 4.79 Å². The predicted molar refractivity (Wildman–Crippen MR) is 115 cm³/mol. The van der Waals surface area contributed by atoms with Crippen LogP contribution < -0.4 is 10.6 Å². The van der Waals surface area contributed by atoms with Crippen LogP contribution in [0.25, 0.3) is 0 Å². The number of carbonyl (C=O) groups is 2. The molecule has 0 spiro atoms. The molecule has 2 aromatic carbocycles. The molecule has 0 fully saturated rings. The Balaban J connectivity index is 2.21. The monoisotopic (exact) mass is 568 g/mol. The average molecular weight is 569 g/mol. The molecule has 0 saturated carbocycles. The highest BCUT2D eigenvalue weighted by molar-refractivity contribution is 14.1. The zero-order valence-corrected chi connectivity index (χ0v) is 17.9. The van der Waals surface area contributed by atoms with Crippen LogP contribution >= 0.6 is 56.8 Å². The fraction of sp³-hybridized carbons (Fsp3) is 0.176. The first kappa shape index (κ1) is 19.5. The van der Waals surface area contributed by atoms with E-state index in [1.165, 1.54) is 0 Å². The Kier molecular flexibility index (Phi) is 7.30. The topological polar surface area (TPSA) is 58.2 Å². The van der Waals surface area contributed by atoms with E-state index in [4.69, 9.17) is 11.6 Å². The van der Waals surface area contributed by atoms with Crippen molar-refractivity contribution in [3.8, 4) is 0 Å². The number of anilines is 2. The lowest BCUT2D eigenvalue weighted by molar-refractivity contribution is -0.116. The molecule has 0 aromatic heterocycles. The Morgan fingerprint density at radius 1 is 1.08 bits per heavy atom. The molecule has 4 nitrogen and oxygen atoms in total. The number of nitrogens with one attached hydrogen (secondary N) is 2. The molecule has 7 heteroatoms.